The Morgan fingerprint density at radius 1 is 1.24 bits per heavy atom. The molecule has 0 spiro atoms. The van der Waals surface area contributed by atoms with Crippen molar-refractivity contribution in [3.63, 3.8) is 0 Å². The Kier molecular flexibility index (Phi) is 5.91. The minimum Gasteiger partial charge on any atom is -0.484 e. The summed E-state index contributed by atoms with van der Waals surface area (Å²) >= 11 is 0. The second kappa shape index (κ2) is 8.34. The van der Waals surface area contributed by atoms with E-state index in [-0.39, 0.29) is 18.4 Å². The molecule has 1 unspecified atom stereocenters. The number of rotatable bonds is 10. The van der Waals surface area contributed by atoms with Crippen LogP contribution in [0.25, 0.3) is 0 Å². The largest absolute Gasteiger partial charge is 0.484 e. The third-order valence-electron chi connectivity index (χ3n) is 4.33. The van der Waals surface area contributed by atoms with Crippen LogP contribution in [0.2, 0.25) is 0 Å². The molecule has 3 rings (SSSR count). The summed E-state index contributed by atoms with van der Waals surface area (Å²) in [5.41, 5.74) is 0.919. The first-order valence-electron chi connectivity index (χ1n) is 9.00. The Balaban J connectivity index is 1.39. The Morgan fingerprint density at radius 3 is 2.76 bits per heavy atom. The first kappa shape index (κ1) is 17.7. The van der Waals surface area contributed by atoms with Gasteiger partial charge in [-0.2, -0.15) is 0 Å². The minimum absolute atomic E-state index is 0.0123. The maximum absolute atomic E-state index is 12.0. The second-order valence-corrected chi connectivity index (χ2v) is 6.91. The van der Waals surface area contributed by atoms with E-state index in [2.05, 4.69) is 10.6 Å². The number of benzene rings is 1. The first-order valence-corrected chi connectivity index (χ1v) is 9.00. The van der Waals surface area contributed by atoms with Crippen molar-refractivity contribution in [2.75, 3.05) is 13.2 Å². The number of hydrogen-bond acceptors (Lipinski definition) is 4. The quantitative estimate of drug-likeness (QED) is 0.677. The SMILES string of the molecule is CC(OCC1CC1)C(=O)NCc1cccc(OCC(=O)NC2CC2)c1. The summed E-state index contributed by atoms with van der Waals surface area (Å²) in [5.74, 6) is 1.05. The topological polar surface area (TPSA) is 76.7 Å². The van der Waals surface area contributed by atoms with Gasteiger partial charge in [-0.3, -0.25) is 9.59 Å². The zero-order chi connectivity index (χ0) is 17.6. The molecule has 0 aromatic heterocycles. The third kappa shape index (κ3) is 6.38. The van der Waals surface area contributed by atoms with Crippen LogP contribution in [0, 0.1) is 5.92 Å². The van der Waals surface area contributed by atoms with E-state index in [1.165, 1.54) is 12.8 Å². The van der Waals surface area contributed by atoms with E-state index in [0.29, 0.717) is 30.9 Å². The Labute approximate surface area is 148 Å². The lowest BCUT2D eigenvalue weighted by atomic mass is 10.2. The molecule has 6 nitrogen and oxygen atoms in total. The normalized spacial score (nSPS) is 17.6. The van der Waals surface area contributed by atoms with E-state index < -0.39 is 6.10 Å². The molecule has 25 heavy (non-hydrogen) atoms. The van der Waals surface area contributed by atoms with Gasteiger partial charge in [-0.25, -0.2) is 0 Å². The van der Waals surface area contributed by atoms with Gasteiger partial charge in [0.2, 0.25) is 5.91 Å². The van der Waals surface area contributed by atoms with Crippen LogP contribution in [-0.4, -0.2) is 37.2 Å². The molecule has 2 aliphatic rings. The molecule has 0 radical (unpaired) electrons. The molecule has 0 bridgehead atoms. The highest BCUT2D eigenvalue weighted by Gasteiger charge is 2.24. The number of carbonyl (C=O) groups is 2. The molecular formula is C19H26N2O4. The van der Waals surface area contributed by atoms with Crippen LogP contribution in [0.5, 0.6) is 5.75 Å². The highest BCUT2D eigenvalue weighted by Crippen LogP contribution is 2.29. The Hall–Kier alpha value is -2.08. The Morgan fingerprint density at radius 2 is 2.04 bits per heavy atom. The second-order valence-electron chi connectivity index (χ2n) is 6.91. The van der Waals surface area contributed by atoms with Crippen LogP contribution >= 0.6 is 0 Å². The van der Waals surface area contributed by atoms with Gasteiger partial charge >= 0.3 is 0 Å². The van der Waals surface area contributed by atoms with Gasteiger partial charge in [-0.15, -0.1) is 0 Å². The van der Waals surface area contributed by atoms with E-state index >= 15 is 0 Å². The molecule has 6 heteroatoms. The van der Waals surface area contributed by atoms with Crippen molar-refractivity contribution in [1.29, 1.82) is 0 Å². The van der Waals surface area contributed by atoms with Crippen molar-refractivity contribution in [1.82, 2.24) is 10.6 Å². The Bertz CT molecular complexity index is 611. The smallest absolute Gasteiger partial charge is 0.258 e. The zero-order valence-corrected chi connectivity index (χ0v) is 14.6. The molecule has 0 saturated heterocycles. The van der Waals surface area contributed by atoms with Crippen LogP contribution in [0.15, 0.2) is 24.3 Å². The maximum atomic E-state index is 12.0. The molecule has 0 aliphatic heterocycles. The van der Waals surface area contributed by atoms with E-state index in [9.17, 15) is 9.59 Å². The monoisotopic (exact) mass is 346 g/mol. The van der Waals surface area contributed by atoms with Gasteiger partial charge in [0.05, 0.1) is 6.61 Å². The van der Waals surface area contributed by atoms with Crippen molar-refractivity contribution >= 4 is 11.8 Å². The molecule has 1 atom stereocenters. The summed E-state index contributed by atoms with van der Waals surface area (Å²) in [7, 11) is 0. The summed E-state index contributed by atoms with van der Waals surface area (Å²) < 4.78 is 11.1. The van der Waals surface area contributed by atoms with Crippen LogP contribution in [0.4, 0.5) is 0 Å². The number of hydrogen-bond donors (Lipinski definition) is 2. The first-order chi connectivity index (χ1) is 12.1. The number of ether oxygens (including phenoxy) is 2. The molecule has 2 N–H and O–H groups in total. The molecule has 1 aromatic rings. The predicted octanol–water partition coefficient (Wildman–Crippen LogP) is 1.78. The summed E-state index contributed by atoms with van der Waals surface area (Å²) in [6.07, 6.45) is 4.10. The van der Waals surface area contributed by atoms with E-state index in [4.69, 9.17) is 9.47 Å². The molecule has 1 aromatic carbocycles. The van der Waals surface area contributed by atoms with Crippen molar-refractivity contribution in [2.45, 2.75) is 51.3 Å². The van der Waals surface area contributed by atoms with Crippen molar-refractivity contribution in [3.8, 4) is 5.75 Å². The number of amides is 2. The fourth-order valence-electron chi connectivity index (χ4n) is 2.36. The van der Waals surface area contributed by atoms with Gasteiger partial charge in [0.25, 0.3) is 5.91 Å². The van der Waals surface area contributed by atoms with Crippen molar-refractivity contribution in [2.24, 2.45) is 5.92 Å². The van der Waals surface area contributed by atoms with E-state index in [1.54, 1.807) is 13.0 Å². The lowest BCUT2D eigenvalue weighted by molar-refractivity contribution is -0.132. The molecular weight excluding hydrogens is 320 g/mol. The fourth-order valence-corrected chi connectivity index (χ4v) is 2.36. The number of nitrogens with one attached hydrogen (secondary N) is 2. The van der Waals surface area contributed by atoms with Gasteiger partial charge in [0.15, 0.2) is 6.61 Å². The fraction of sp³-hybridized carbons (Fsp3) is 0.579. The van der Waals surface area contributed by atoms with Gasteiger partial charge in [0.1, 0.15) is 11.9 Å². The molecule has 0 heterocycles. The minimum atomic E-state index is -0.439. The lowest BCUT2D eigenvalue weighted by Crippen LogP contribution is -2.34. The van der Waals surface area contributed by atoms with Gasteiger partial charge < -0.3 is 20.1 Å². The predicted molar refractivity (Wildman–Crippen MR) is 93.1 cm³/mol. The maximum Gasteiger partial charge on any atom is 0.258 e. The average molecular weight is 346 g/mol. The standard InChI is InChI=1S/C19H26N2O4/c1-13(24-11-14-5-6-14)19(23)20-10-15-3-2-4-17(9-15)25-12-18(22)21-16-7-8-16/h2-4,9,13-14,16H,5-8,10-12H2,1H3,(H,20,23)(H,21,22). The summed E-state index contributed by atoms with van der Waals surface area (Å²) in [6.45, 7) is 2.86. The molecule has 2 aliphatic carbocycles. The molecule has 2 saturated carbocycles. The van der Waals surface area contributed by atoms with Crippen molar-refractivity contribution in [3.05, 3.63) is 29.8 Å². The van der Waals surface area contributed by atoms with Gasteiger partial charge in [-0.1, -0.05) is 12.1 Å². The molecule has 2 amide bonds. The highest BCUT2D eigenvalue weighted by atomic mass is 16.5. The van der Waals surface area contributed by atoms with E-state index in [1.807, 2.05) is 18.2 Å². The van der Waals surface area contributed by atoms with E-state index in [0.717, 1.165) is 18.4 Å². The average Bonchev–Trinajstić information content (AvgIpc) is 3.51. The van der Waals surface area contributed by atoms with Crippen LogP contribution in [0.1, 0.15) is 38.2 Å². The van der Waals surface area contributed by atoms with Crippen LogP contribution < -0.4 is 15.4 Å². The van der Waals surface area contributed by atoms with Crippen LogP contribution in [-0.2, 0) is 20.9 Å². The molecule has 136 valence electrons. The molecule has 2 fully saturated rings. The van der Waals surface area contributed by atoms with Gasteiger partial charge in [0, 0.05) is 12.6 Å². The summed E-state index contributed by atoms with van der Waals surface area (Å²) in [6, 6.07) is 7.73. The highest BCUT2D eigenvalue weighted by molar-refractivity contribution is 5.80. The van der Waals surface area contributed by atoms with Crippen molar-refractivity contribution < 1.29 is 19.1 Å². The number of carbonyl (C=O) groups excluding carboxylic acids is 2. The summed E-state index contributed by atoms with van der Waals surface area (Å²) in [5, 5.41) is 5.75. The lowest BCUT2D eigenvalue weighted by Gasteiger charge is -2.13. The zero-order valence-electron chi connectivity index (χ0n) is 14.6. The summed E-state index contributed by atoms with van der Waals surface area (Å²) in [4.78, 5) is 23.7. The van der Waals surface area contributed by atoms with Gasteiger partial charge in [-0.05, 0) is 56.2 Å². The van der Waals surface area contributed by atoms with Crippen LogP contribution in [0.3, 0.4) is 0 Å². The third-order valence-corrected chi connectivity index (χ3v) is 4.33.